The summed E-state index contributed by atoms with van der Waals surface area (Å²) in [7, 11) is 0. The van der Waals surface area contributed by atoms with Crippen LogP contribution < -0.4 is 5.32 Å². The molecule has 1 aromatic carbocycles. The summed E-state index contributed by atoms with van der Waals surface area (Å²) in [4.78, 5) is 35.7. The first kappa shape index (κ1) is 14.1. The lowest BCUT2D eigenvalue weighted by molar-refractivity contribution is -0.384. The van der Waals surface area contributed by atoms with Gasteiger partial charge in [0.2, 0.25) is 5.82 Å². The molecule has 0 radical (unpaired) electrons. The zero-order valence-electron chi connectivity index (χ0n) is 10.4. The minimum absolute atomic E-state index is 0.126. The fourth-order valence-electron chi connectivity index (χ4n) is 1.55. The van der Waals surface area contributed by atoms with Gasteiger partial charge in [0.05, 0.1) is 9.85 Å². The maximum atomic E-state index is 11.9. The van der Waals surface area contributed by atoms with E-state index in [0.717, 1.165) is 0 Å². The molecule has 9 nitrogen and oxygen atoms in total. The van der Waals surface area contributed by atoms with E-state index in [9.17, 15) is 25.0 Å². The summed E-state index contributed by atoms with van der Waals surface area (Å²) in [6.45, 7) is 0. The molecule has 1 amide bonds. The second-order valence-corrected chi connectivity index (χ2v) is 3.89. The van der Waals surface area contributed by atoms with Crippen molar-refractivity contribution >= 4 is 23.1 Å². The minimum Gasteiger partial charge on any atom is -0.301 e. The number of aromatic nitrogens is 1. The van der Waals surface area contributed by atoms with Crippen LogP contribution in [0.3, 0.4) is 0 Å². The van der Waals surface area contributed by atoms with Crippen molar-refractivity contribution in [2.75, 3.05) is 5.32 Å². The van der Waals surface area contributed by atoms with E-state index in [1.54, 1.807) is 0 Å². The topological polar surface area (TPSA) is 128 Å². The van der Waals surface area contributed by atoms with E-state index in [4.69, 9.17) is 0 Å². The number of pyridine rings is 1. The van der Waals surface area contributed by atoms with Gasteiger partial charge >= 0.3 is 5.69 Å². The molecule has 2 aromatic rings. The van der Waals surface area contributed by atoms with E-state index < -0.39 is 15.8 Å². The number of nitrogens with zero attached hydrogens (tertiary/aromatic N) is 3. The highest BCUT2D eigenvalue weighted by atomic mass is 16.6. The summed E-state index contributed by atoms with van der Waals surface area (Å²) in [5, 5.41) is 23.6. The lowest BCUT2D eigenvalue weighted by Crippen LogP contribution is -2.14. The minimum atomic E-state index is -0.668. The quantitative estimate of drug-likeness (QED) is 0.677. The van der Waals surface area contributed by atoms with Crippen LogP contribution in [0.5, 0.6) is 0 Å². The maximum absolute atomic E-state index is 11.9. The molecule has 0 unspecified atom stereocenters. The van der Waals surface area contributed by atoms with Gasteiger partial charge in [-0.2, -0.15) is 0 Å². The predicted molar refractivity (Wildman–Crippen MR) is 71.9 cm³/mol. The monoisotopic (exact) mass is 288 g/mol. The molecule has 1 N–H and O–H groups in total. The maximum Gasteiger partial charge on any atom is 0.311 e. The average molecular weight is 288 g/mol. The molecule has 0 aliphatic rings. The van der Waals surface area contributed by atoms with Crippen LogP contribution >= 0.6 is 0 Å². The number of hydrogen-bond acceptors (Lipinski definition) is 6. The highest BCUT2D eigenvalue weighted by molar-refractivity contribution is 6.04. The number of nitro benzene ring substituents is 1. The number of nitro groups is 2. The van der Waals surface area contributed by atoms with Crippen molar-refractivity contribution in [3.8, 4) is 0 Å². The summed E-state index contributed by atoms with van der Waals surface area (Å²) < 4.78 is 0. The molecule has 0 atom stereocenters. The summed E-state index contributed by atoms with van der Waals surface area (Å²) in [5.41, 5.74) is -0.372. The van der Waals surface area contributed by atoms with Gasteiger partial charge in [-0.25, -0.2) is 4.98 Å². The van der Waals surface area contributed by atoms with Crippen LogP contribution in [0, 0.1) is 20.2 Å². The third-order valence-electron chi connectivity index (χ3n) is 2.56. The standard InChI is InChI=1S/C12H8N4O5/c17-12(8-3-5-9(6-4-8)15(18)19)14-11-10(16(20)21)2-1-7-13-11/h1-7H,(H,13,14,17). The molecule has 0 spiro atoms. The number of carbonyl (C=O) groups excluding carboxylic acids is 1. The molecule has 0 bridgehead atoms. The summed E-state index contributed by atoms with van der Waals surface area (Å²) >= 11 is 0. The number of anilines is 1. The Morgan fingerprint density at radius 1 is 1.05 bits per heavy atom. The van der Waals surface area contributed by atoms with Crippen molar-refractivity contribution in [2.45, 2.75) is 0 Å². The molecule has 9 heteroatoms. The first-order valence-electron chi connectivity index (χ1n) is 5.64. The molecule has 1 heterocycles. The van der Waals surface area contributed by atoms with Crippen molar-refractivity contribution in [1.82, 2.24) is 4.98 Å². The van der Waals surface area contributed by atoms with Gasteiger partial charge in [0.25, 0.3) is 11.6 Å². The van der Waals surface area contributed by atoms with Crippen molar-refractivity contribution in [3.05, 3.63) is 68.4 Å². The highest BCUT2D eigenvalue weighted by Crippen LogP contribution is 2.21. The third kappa shape index (κ3) is 3.15. The Kier molecular flexibility index (Phi) is 3.84. The third-order valence-corrected chi connectivity index (χ3v) is 2.56. The first-order chi connectivity index (χ1) is 9.99. The fourth-order valence-corrected chi connectivity index (χ4v) is 1.55. The molecule has 0 fully saturated rings. The second-order valence-electron chi connectivity index (χ2n) is 3.89. The predicted octanol–water partition coefficient (Wildman–Crippen LogP) is 2.15. The molecule has 0 aliphatic heterocycles. The lowest BCUT2D eigenvalue weighted by atomic mass is 10.2. The number of carbonyl (C=O) groups is 1. The Bertz CT molecular complexity index is 714. The van der Waals surface area contributed by atoms with Crippen LogP contribution in [0.1, 0.15) is 10.4 Å². The Balaban J connectivity index is 2.22. The Labute approximate surface area is 117 Å². The molecule has 106 valence electrons. The van der Waals surface area contributed by atoms with E-state index in [2.05, 4.69) is 10.3 Å². The van der Waals surface area contributed by atoms with E-state index in [0.29, 0.717) is 0 Å². The number of non-ortho nitro benzene ring substituents is 1. The molecule has 1 aromatic heterocycles. The van der Waals surface area contributed by atoms with Crippen LogP contribution in [0.2, 0.25) is 0 Å². The van der Waals surface area contributed by atoms with E-state index in [1.807, 2.05) is 0 Å². The first-order valence-corrected chi connectivity index (χ1v) is 5.64. The fraction of sp³-hybridized carbons (Fsp3) is 0. The van der Waals surface area contributed by atoms with Gasteiger partial charge in [-0.1, -0.05) is 0 Å². The molecule has 2 rings (SSSR count). The van der Waals surface area contributed by atoms with E-state index in [1.165, 1.54) is 42.6 Å². The number of nitrogens with one attached hydrogen (secondary N) is 1. The molecule has 21 heavy (non-hydrogen) atoms. The number of benzene rings is 1. The van der Waals surface area contributed by atoms with Crippen LogP contribution in [-0.4, -0.2) is 20.7 Å². The van der Waals surface area contributed by atoms with Gasteiger partial charge in [-0.15, -0.1) is 0 Å². The average Bonchev–Trinajstić information content (AvgIpc) is 2.47. The lowest BCUT2D eigenvalue weighted by Gasteiger charge is -2.04. The van der Waals surface area contributed by atoms with Crippen LogP contribution in [-0.2, 0) is 0 Å². The van der Waals surface area contributed by atoms with Crippen molar-refractivity contribution in [1.29, 1.82) is 0 Å². The van der Waals surface area contributed by atoms with Gasteiger partial charge in [0, 0.05) is 30.0 Å². The largest absolute Gasteiger partial charge is 0.311 e. The summed E-state index contributed by atoms with van der Waals surface area (Å²) in [5.74, 6) is -0.836. The van der Waals surface area contributed by atoms with E-state index in [-0.39, 0.29) is 22.8 Å². The number of amides is 1. The molecule has 0 saturated heterocycles. The Morgan fingerprint density at radius 3 is 2.29 bits per heavy atom. The number of rotatable bonds is 4. The Morgan fingerprint density at radius 2 is 1.71 bits per heavy atom. The van der Waals surface area contributed by atoms with Crippen LogP contribution in [0.15, 0.2) is 42.6 Å². The Hall–Kier alpha value is -3.36. The smallest absolute Gasteiger partial charge is 0.301 e. The van der Waals surface area contributed by atoms with Gasteiger partial charge in [-0.3, -0.25) is 25.0 Å². The zero-order valence-corrected chi connectivity index (χ0v) is 10.4. The summed E-state index contributed by atoms with van der Waals surface area (Å²) in [6.07, 6.45) is 1.30. The molecule has 0 saturated carbocycles. The van der Waals surface area contributed by atoms with Crippen molar-refractivity contribution in [3.63, 3.8) is 0 Å². The zero-order chi connectivity index (χ0) is 15.4. The van der Waals surface area contributed by atoms with Gasteiger partial charge < -0.3 is 5.32 Å². The van der Waals surface area contributed by atoms with Crippen molar-refractivity contribution in [2.24, 2.45) is 0 Å². The molecule has 0 aliphatic carbocycles. The van der Waals surface area contributed by atoms with E-state index >= 15 is 0 Å². The number of hydrogen-bond donors (Lipinski definition) is 1. The SMILES string of the molecule is O=C(Nc1ncccc1[N+](=O)[O-])c1ccc([N+](=O)[O-])cc1. The summed E-state index contributed by atoms with van der Waals surface area (Å²) in [6, 6.07) is 7.42. The van der Waals surface area contributed by atoms with Gasteiger partial charge in [0.15, 0.2) is 0 Å². The van der Waals surface area contributed by atoms with Crippen molar-refractivity contribution < 1.29 is 14.6 Å². The van der Waals surface area contributed by atoms with Crippen LogP contribution in [0.4, 0.5) is 17.2 Å². The second kappa shape index (κ2) is 5.74. The van der Waals surface area contributed by atoms with Gasteiger partial charge in [-0.05, 0) is 18.2 Å². The highest BCUT2D eigenvalue weighted by Gasteiger charge is 2.17. The molecular weight excluding hydrogens is 280 g/mol. The van der Waals surface area contributed by atoms with Gasteiger partial charge in [0.1, 0.15) is 0 Å². The van der Waals surface area contributed by atoms with Crippen LogP contribution in [0.25, 0.3) is 0 Å². The normalized spacial score (nSPS) is 9.90. The molecular formula is C12H8N4O5.